The molecule has 15 heavy (non-hydrogen) atoms. The van der Waals surface area contributed by atoms with E-state index in [-0.39, 0.29) is 12.1 Å². The van der Waals surface area contributed by atoms with E-state index in [1.807, 2.05) is 18.7 Å². The second-order valence-electron chi connectivity index (χ2n) is 4.64. The molecule has 0 bridgehead atoms. The highest BCUT2D eigenvalue weighted by molar-refractivity contribution is 5.74. The predicted octanol–water partition coefficient (Wildman–Crippen LogP) is 1.17. The van der Waals surface area contributed by atoms with Crippen molar-refractivity contribution in [3.05, 3.63) is 0 Å². The highest BCUT2D eigenvalue weighted by Crippen LogP contribution is 2.18. The first kappa shape index (κ1) is 12.3. The number of nitrogens with two attached hydrogens (primary N) is 1. The van der Waals surface area contributed by atoms with Gasteiger partial charge in [-0.2, -0.15) is 0 Å². The lowest BCUT2D eigenvalue weighted by Gasteiger charge is -2.33. The monoisotopic (exact) mass is 213 g/mol. The molecule has 2 amide bonds. The normalized spacial score (nSPS) is 21.9. The Balaban J connectivity index is 2.38. The molecule has 4 nitrogen and oxygen atoms in total. The molecule has 0 aromatic heterocycles. The van der Waals surface area contributed by atoms with Gasteiger partial charge in [-0.05, 0) is 45.6 Å². The largest absolute Gasteiger partial charge is 0.336 e. The van der Waals surface area contributed by atoms with Gasteiger partial charge >= 0.3 is 6.03 Å². The van der Waals surface area contributed by atoms with E-state index in [9.17, 15) is 4.79 Å². The molecule has 4 heteroatoms. The molecule has 1 unspecified atom stereocenters. The van der Waals surface area contributed by atoms with Gasteiger partial charge in [-0.15, -0.1) is 0 Å². The number of hydrogen-bond donors (Lipinski definition) is 2. The quantitative estimate of drug-likeness (QED) is 0.739. The minimum atomic E-state index is 0.0757. The third kappa shape index (κ3) is 4.08. The molecule has 0 aromatic rings. The summed E-state index contributed by atoms with van der Waals surface area (Å²) in [6, 6.07) is 0.291. The van der Waals surface area contributed by atoms with Crippen molar-refractivity contribution in [3.8, 4) is 0 Å². The van der Waals surface area contributed by atoms with Crippen LogP contribution in [0, 0.1) is 5.92 Å². The summed E-state index contributed by atoms with van der Waals surface area (Å²) in [7, 11) is 0. The van der Waals surface area contributed by atoms with Crippen LogP contribution in [0.15, 0.2) is 0 Å². The molecule has 1 atom stereocenters. The Bertz CT molecular complexity index is 204. The molecule has 0 aromatic carbocycles. The van der Waals surface area contributed by atoms with Crippen LogP contribution in [-0.4, -0.2) is 36.6 Å². The van der Waals surface area contributed by atoms with E-state index in [4.69, 9.17) is 5.73 Å². The zero-order valence-corrected chi connectivity index (χ0v) is 9.83. The van der Waals surface area contributed by atoms with Crippen molar-refractivity contribution in [2.45, 2.75) is 39.2 Å². The maximum absolute atomic E-state index is 11.7. The van der Waals surface area contributed by atoms with Crippen LogP contribution in [0.5, 0.6) is 0 Å². The van der Waals surface area contributed by atoms with E-state index < -0.39 is 0 Å². The Hall–Kier alpha value is -0.770. The van der Waals surface area contributed by atoms with Crippen molar-refractivity contribution < 1.29 is 4.79 Å². The summed E-state index contributed by atoms with van der Waals surface area (Å²) in [5.74, 6) is 0.599. The lowest BCUT2D eigenvalue weighted by molar-refractivity contribution is 0.161. The average Bonchev–Trinajstić information content (AvgIpc) is 2.17. The molecule has 0 radical (unpaired) electrons. The lowest BCUT2D eigenvalue weighted by Crippen LogP contribution is -2.47. The van der Waals surface area contributed by atoms with Gasteiger partial charge in [0.1, 0.15) is 0 Å². The van der Waals surface area contributed by atoms with E-state index >= 15 is 0 Å². The Kier molecular flexibility index (Phi) is 4.88. The summed E-state index contributed by atoms with van der Waals surface area (Å²) in [5, 5.41) is 2.93. The SMILES string of the molecule is CC(C)NC(=O)N1CCCC(CCN)C1. The minimum absolute atomic E-state index is 0.0757. The first-order valence-corrected chi connectivity index (χ1v) is 5.89. The highest BCUT2D eigenvalue weighted by atomic mass is 16.2. The van der Waals surface area contributed by atoms with Crippen molar-refractivity contribution in [1.82, 2.24) is 10.2 Å². The van der Waals surface area contributed by atoms with Crippen LogP contribution in [0.3, 0.4) is 0 Å². The van der Waals surface area contributed by atoms with E-state index in [1.54, 1.807) is 0 Å². The van der Waals surface area contributed by atoms with E-state index in [0.29, 0.717) is 5.92 Å². The summed E-state index contributed by atoms with van der Waals surface area (Å²) >= 11 is 0. The van der Waals surface area contributed by atoms with Crippen LogP contribution in [0.4, 0.5) is 4.79 Å². The van der Waals surface area contributed by atoms with Gasteiger partial charge in [-0.25, -0.2) is 4.79 Å². The van der Waals surface area contributed by atoms with Crippen molar-refractivity contribution in [3.63, 3.8) is 0 Å². The Morgan fingerprint density at radius 2 is 2.33 bits per heavy atom. The summed E-state index contributed by atoms with van der Waals surface area (Å²) in [6.07, 6.45) is 3.35. The third-order valence-electron chi connectivity index (χ3n) is 2.79. The molecule has 0 saturated carbocycles. The number of piperidine rings is 1. The van der Waals surface area contributed by atoms with Gasteiger partial charge in [0.15, 0.2) is 0 Å². The fourth-order valence-corrected chi connectivity index (χ4v) is 2.06. The van der Waals surface area contributed by atoms with Crippen LogP contribution in [0.2, 0.25) is 0 Å². The third-order valence-corrected chi connectivity index (χ3v) is 2.79. The van der Waals surface area contributed by atoms with Gasteiger partial charge in [-0.1, -0.05) is 0 Å². The fraction of sp³-hybridized carbons (Fsp3) is 0.909. The number of rotatable bonds is 3. The smallest absolute Gasteiger partial charge is 0.317 e. The summed E-state index contributed by atoms with van der Waals surface area (Å²) in [4.78, 5) is 13.7. The van der Waals surface area contributed by atoms with Gasteiger partial charge in [-0.3, -0.25) is 0 Å². The van der Waals surface area contributed by atoms with Crippen molar-refractivity contribution in [2.24, 2.45) is 11.7 Å². The number of urea groups is 1. The minimum Gasteiger partial charge on any atom is -0.336 e. The summed E-state index contributed by atoms with van der Waals surface area (Å²) in [6.45, 7) is 6.46. The molecule has 3 N–H and O–H groups in total. The zero-order chi connectivity index (χ0) is 11.3. The number of nitrogens with one attached hydrogen (secondary N) is 1. The number of nitrogens with zero attached hydrogens (tertiary/aromatic N) is 1. The number of likely N-dealkylation sites (tertiary alicyclic amines) is 1. The van der Waals surface area contributed by atoms with Crippen molar-refractivity contribution in [1.29, 1.82) is 0 Å². The molecule has 1 rings (SSSR count). The molecular formula is C11H23N3O. The van der Waals surface area contributed by atoms with Crippen LogP contribution in [0.25, 0.3) is 0 Å². The van der Waals surface area contributed by atoms with Gasteiger partial charge < -0.3 is 16.0 Å². The molecule has 0 aliphatic carbocycles. The Morgan fingerprint density at radius 1 is 1.60 bits per heavy atom. The number of carbonyl (C=O) groups is 1. The van der Waals surface area contributed by atoms with E-state index in [2.05, 4.69) is 5.32 Å². The molecule has 1 aliphatic heterocycles. The molecule has 1 aliphatic rings. The van der Waals surface area contributed by atoms with E-state index in [0.717, 1.165) is 32.5 Å². The predicted molar refractivity (Wildman–Crippen MR) is 61.6 cm³/mol. The van der Waals surface area contributed by atoms with Crippen LogP contribution < -0.4 is 11.1 Å². The Labute approximate surface area is 92.2 Å². The molecule has 1 fully saturated rings. The standard InChI is InChI=1S/C11H23N3O/c1-9(2)13-11(15)14-7-3-4-10(8-14)5-6-12/h9-10H,3-8,12H2,1-2H3,(H,13,15). The number of amides is 2. The van der Waals surface area contributed by atoms with Gasteiger partial charge in [0.25, 0.3) is 0 Å². The van der Waals surface area contributed by atoms with Crippen LogP contribution in [0.1, 0.15) is 33.1 Å². The summed E-state index contributed by atoms with van der Waals surface area (Å²) in [5.41, 5.74) is 5.54. The van der Waals surface area contributed by atoms with Gasteiger partial charge in [0, 0.05) is 19.1 Å². The second-order valence-corrected chi connectivity index (χ2v) is 4.64. The summed E-state index contributed by atoms with van der Waals surface area (Å²) < 4.78 is 0. The maximum Gasteiger partial charge on any atom is 0.317 e. The molecule has 0 spiro atoms. The second kappa shape index (κ2) is 5.95. The molecule has 1 heterocycles. The zero-order valence-electron chi connectivity index (χ0n) is 9.83. The Morgan fingerprint density at radius 3 is 2.93 bits per heavy atom. The highest BCUT2D eigenvalue weighted by Gasteiger charge is 2.23. The van der Waals surface area contributed by atoms with Crippen LogP contribution in [-0.2, 0) is 0 Å². The van der Waals surface area contributed by atoms with Crippen LogP contribution >= 0.6 is 0 Å². The van der Waals surface area contributed by atoms with Gasteiger partial charge in [0.2, 0.25) is 0 Å². The van der Waals surface area contributed by atoms with Gasteiger partial charge in [0.05, 0.1) is 0 Å². The average molecular weight is 213 g/mol. The van der Waals surface area contributed by atoms with E-state index in [1.165, 1.54) is 6.42 Å². The molecular weight excluding hydrogens is 190 g/mol. The first-order chi connectivity index (χ1) is 7.13. The fourth-order valence-electron chi connectivity index (χ4n) is 2.06. The van der Waals surface area contributed by atoms with Crippen molar-refractivity contribution >= 4 is 6.03 Å². The lowest BCUT2D eigenvalue weighted by atomic mass is 9.95. The number of hydrogen-bond acceptors (Lipinski definition) is 2. The molecule has 88 valence electrons. The molecule has 1 saturated heterocycles. The number of carbonyl (C=O) groups excluding carboxylic acids is 1. The van der Waals surface area contributed by atoms with Crippen molar-refractivity contribution in [2.75, 3.05) is 19.6 Å². The topological polar surface area (TPSA) is 58.4 Å². The first-order valence-electron chi connectivity index (χ1n) is 5.89. The maximum atomic E-state index is 11.7.